The molecule has 0 aliphatic heterocycles. The van der Waals surface area contributed by atoms with Gasteiger partial charge in [-0.2, -0.15) is 0 Å². The lowest BCUT2D eigenvalue weighted by Gasteiger charge is -2.50. The monoisotopic (exact) mass is 196 g/mol. The molecular formula is C13H24O. The number of hydrogen-bond donors (Lipinski definition) is 1. The summed E-state index contributed by atoms with van der Waals surface area (Å²) in [7, 11) is 0. The largest absolute Gasteiger partial charge is 0.390 e. The highest BCUT2D eigenvalue weighted by atomic mass is 16.3. The van der Waals surface area contributed by atoms with Crippen LogP contribution >= 0.6 is 0 Å². The van der Waals surface area contributed by atoms with Gasteiger partial charge in [0, 0.05) is 0 Å². The summed E-state index contributed by atoms with van der Waals surface area (Å²) in [4.78, 5) is 0. The van der Waals surface area contributed by atoms with Gasteiger partial charge < -0.3 is 5.11 Å². The van der Waals surface area contributed by atoms with Crippen molar-refractivity contribution < 1.29 is 5.11 Å². The van der Waals surface area contributed by atoms with Crippen molar-refractivity contribution in [3.8, 4) is 0 Å². The summed E-state index contributed by atoms with van der Waals surface area (Å²) < 4.78 is 0. The van der Waals surface area contributed by atoms with Crippen LogP contribution in [0.2, 0.25) is 0 Å². The topological polar surface area (TPSA) is 20.2 Å². The summed E-state index contributed by atoms with van der Waals surface area (Å²) >= 11 is 0. The molecule has 2 fully saturated rings. The van der Waals surface area contributed by atoms with Crippen molar-refractivity contribution in [3.63, 3.8) is 0 Å². The Morgan fingerprint density at radius 1 is 0.857 bits per heavy atom. The molecule has 0 aromatic carbocycles. The third kappa shape index (κ3) is 1.84. The first-order valence-electron chi connectivity index (χ1n) is 6.22. The molecule has 0 radical (unpaired) electrons. The molecule has 82 valence electrons. The molecule has 2 aliphatic carbocycles. The van der Waals surface area contributed by atoms with E-state index in [2.05, 4.69) is 20.8 Å². The van der Waals surface area contributed by atoms with E-state index in [9.17, 15) is 5.11 Å². The van der Waals surface area contributed by atoms with Crippen molar-refractivity contribution >= 4 is 0 Å². The Balaban J connectivity index is 1.97. The molecule has 0 aromatic rings. The SMILES string of the molecule is CC1CC(C)CC(C2(O)CC(C)C2)C1. The van der Waals surface area contributed by atoms with Crippen molar-refractivity contribution in [3.05, 3.63) is 0 Å². The van der Waals surface area contributed by atoms with Crippen LogP contribution in [0.25, 0.3) is 0 Å². The first-order chi connectivity index (χ1) is 6.49. The highest BCUT2D eigenvalue weighted by Crippen LogP contribution is 2.49. The van der Waals surface area contributed by atoms with Crippen molar-refractivity contribution in [2.24, 2.45) is 23.7 Å². The zero-order valence-electron chi connectivity index (χ0n) is 9.79. The van der Waals surface area contributed by atoms with Gasteiger partial charge in [0.1, 0.15) is 0 Å². The first-order valence-corrected chi connectivity index (χ1v) is 6.22. The molecule has 0 bridgehead atoms. The zero-order valence-corrected chi connectivity index (χ0v) is 9.79. The van der Waals surface area contributed by atoms with Gasteiger partial charge >= 0.3 is 0 Å². The van der Waals surface area contributed by atoms with E-state index in [-0.39, 0.29) is 5.60 Å². The molecule has 0 saturated heterocycles. The van der Waals surface area contributed by atoms with E-state index in [4.69, 9.17) is 0 Å². The third-order valence-corrected chi connectivity index (χ3v) is 4.34. The lowest BCUT2D eigenvalue weighted by molar-refractivity contribution is -0.130. The van der Waals surface area contributed by atoms with Crippen LogP contribution in [0, 0.1) is 23.7 Å². The summed E-state index contributed by atoms with van der Waals surface area (Å²) in [5.74, 6) is 3.00. The third-order valence-electron chi connectivity index (χ3n) is 4.34. The van der Waals surface area contributed by atoms with Gasteiger partial charge in [-0.1, -0.05) is 20.8 Å². The van der Waals surface area contributed by atoms with Gasteiger partial charge in [-0.15, -0.1) is 0 Å². The fraction of sp³-hybridized carbons (Fsp3) is 1.00. The number of aliphatic hydroxyl groups is 1. The van der Waals surface area contributed by atoms with Crippen molar-refractivity contribution in [2.75, 3.05) is 0 Å². The van der Waals surface area contributed by atoms with Crippen molar-refractivity contribution in [1.82, 2.24) is 0 Å². The van der Waals surface area contributed by atoms with Gasteiger partial charge in [0.05, 0.1) is 5.60 Å². The molecule has 0 heterocycles. The van der Waals surface area contributed by atoms with Gasteiger partial charge in [-0.25, -0.2) is 0 Å². The Hall–Kier alpha value is -0.0400. The molecule has 2 saturated carbocycles. The first kappa shape index (κ1) is 10.5. The maximum atomic E-state index is 10.4. The van der Waals surface area contributed by atoms with Crippen LogP contribution in [0.4, 0.5) is 0 Å². The van der Waals surface area contributed by atoms with Crippen molar-refractivity contribution in [2.45, 2.75) is 58.5 Å². The molecule has 0 amide bonds. The van der Waals surface area contributed by atoms with E-state index in [1.165, 1.54) is 19.3 Å². The van der Waals surface area contributed by atoms with Gasteiger partial charge in [0.2, 0.25) is 0 Å². The average molecular weight is 196 g/mol. The Morgan fingerprint density at radius 3 is 1.79 bits per heavy atom. The quantitative estimate of drug-likeness (QED) is 0.682. The van der Waals surface area contributed by atoms with E-state index < -0.39 is 0 Å². The maximum Gasteiger partial charge on any atom is 0.0681 e. The molecular weight excluding hydrogens is 172 g/mol. The molecule has 0 aromatic heterocycles. The minimum atomic E-state index is -0.275. The Labute approximate surface area is 87.9 Å². The summed E-state index contributed by atoms with van der Waals surface area (Å²) in [6.45, 7) is 6.94. The minimum absolute atomic E-state index is 0.275. The molecule has 1 nitrogen and oxygen atoms in total. The van der Waals surface area contributed by atoms with E-state index >= 15 is 0 Å². The van der Waals surface area contributed by atoms with Crippen LogP contribution in [-0.2, 0) is 0 Å². The Kier molecular flexibility index (Phi) is 2.63. The van der Waals surface area contributed by atoms with Crippen LogP contribution in [0.5, 0.6) is 0 Å². The van der Waals surface area contributed by atoms with Crippen LogP contribution in [-0.4, -0.2) is 10.7 Å². The number of rotatable bonds is 1. The smallest absolute Gasteiger partial charge is 0.0681 e. The lowest BCUT2D eigenvalue weighted by Crippen LogP contribution is -2.51. The molecule has 1 heteroatoms. The summed E-state index contributed by atoms with van der Waals surface area (Å²) in [6, 6.07) is 0. The van der Waals surface area contributed by atoms with Gasteiger partial charge in [-0.3, -0.25) is 0 Å². The molecule has 2 rings (SSSR count). The second-order valence-corrected chi connectivity index (χ2v) is 6.23. The molecule has 1 N–H and O–H groups in total. The van der Waals surface area contributed by atoms with Gasteiger partial charge in [0.25, 0.3) is 0 Å². The fourth-order valence-corrected chi connectivity index (χ4v) is 3.87. The minimum Gasteiger partial charge on any atom is -0.390 e. The summed E-state index contributed by atoms with van der Waals surface area (Å²) in [5.41, 5.74) is -0.275. The number of hydrogen-bond acceptors (Lipinski definition) is 1. The maximum absolute atomic E-state index is 10.4. The van der Waals surface area contributed by atoms with Crippen LogP contribution in [0.1, 0.15) is 52.9 Å². The Morgan fingerprint density at radius 2 is 1.36 bits per heavy atom. The fourth-order valence-electron chi connectivity index (χ4n) is 3.87. The zero-order chi connectivity index (χ0) is 10.3. The predicted octanol–water partition coefficient (Wildman–Crippen LogP) is 3.22. The van der Waals surface area contributed by atoms with Crippen LogP contribution in [0.3, 0.4) is 0 Å². The summed E-state index contributed by atoms with van der Waals surface area (Å²) in [5, 5.41) is 10.4. The highest BCUT2D eigenvalue weighted by molar-refractivity contribution is 4.99. The second-order valence-electron chi connectivity index (χ2n) is 6.23. The molecule has 14 heavy (non-hydrogen) atoms. The molecule has 2 unspecified atom stereocenters. The van der Waals surface area contributed by atoms with E-state index in [0.29, 0.717) is 5.92 Å². The predicted molar refractivity (Wildman–Crippen MR) is 59.0 cm³/mol. The molecule has 2 atom stereocenters. The van der Waals surface area contributed by atoms with Crippen LogP contribution in [0.15, 0.2) is 0 Å². The Bertz CT molecular complexity index is 195. The van der Waals surface area contributed by atoms with E-state index in [1.807, 2.05) is 0 Å². The normalized spacial score (nSPS) is 54.0. The standard InChI is InChI=1S/C13H24O/c1-9-4-10(2)6-12(5-9)13(14)7-11(3)8-13/h9-12,14H,4-8H2,1-3H3. The molecule has 0 spiro atoms. The molecule has 2 aliphatic rings. The highest BCUT2D eigenvalue weighted by Gasteiger charge is 2.47. The van der Waals surface area contributed by atoms with Crippen LogP contribution < -0.4 is 0 Å². The lowest BCUT2D eigenvalue weighted by atomic mass is 9.59. The summed E-state index contributed by atoms with van der Waals surface area (Å²) in [6.07, 6.45) is 5.98. The van der Waals surface area contributed by atoms with Gasteiger partial charge in [-0.05, 0) is 55.8 Å². The average Bonchev–Trinajstić information content (AvgIpc) is 1.99. The van der Waals surface area contributed by atoms with E-state index in [0.717, 1.165) is 30.6 Å². The van der Waals surface area contributed by atoms with Crippen molar-refractivity contribution in [1.29, 1.82) is 0 Å². The second kappa shape index (κ2) is 3.52. The van der Waals surface area contributed by atoms with E-state index in [1.54, 1.807) is 0 Å². The van der Waals surface area contributed by atoms with Gasteiger partial charge in [0.15, 0.2) is 0 Å².